The topological polar surface area (TPSA) is 45.4 Å². The van der Waals surface area contributed by atoms with Crippen LogP contribution in [0, 0.1) is 0 Å². The monoisotopic (exact) mass is 220 g/mol. The van der Waals surface area contributed by atoms with Crippen LogP contribution in [-0.4, -0.2) is 43.1 Å². The number of nitrogens with two attached hydrogens (primary N) is 1. The Balaban J connectivity index is 2.14. The van der Waals surface area contributed by atoms with Crippen molar-refractivity contribution in [3.8, 4) is 0 Å². The van der Waals surface area contributed by atoms with Crippen LogP contribution in [0.15, 0.2) is 18.5 Å². The van der Waals surface area contributed by atoms with Crippen LogP contribution in [0.3, 0.4) is 0 Å². The van der Waals surface area contributed by atoms with Gasteiger partial charge in [-0.25, -0.2) is 0 Å². The number of hydrogen-bond acceptors (Lipinski definition) is 4. The maximum Gasteiger partial charge on any atom is 0.0443 e. The quantitative estimate of drug-likeness (QED) is 0.813. The maximum absolute atomic E-state index is 5.74. The van der Waals surface area contributed by atoms with Crippen molar-refractivity contribution in [3.05, 3.63) is 24.0 Å². The van der Waals surface area contributed by atoms with Crippen molar-refractivity contribution >= 4 is 5.69 Å². The zero-order valence-corrected chi connectivity index (χ0v) is 10.1. The minimum atomic E-state index is 0.562. The molecule has 88 valence electrons. The summed E-state index contributed by atoms with van der Waals surface area (Å²) in [5, 5.41) is 0. The van der Waals surface area contributed by atoms with E-state index in [4.69, 9.17) is 5.73 Å². The Hall–Kier alpha value is -1.13. The zero-order valence-electron chi connectivity index (χ0n) is 10.1. The Morgan fingerprint density at radius 3 is 3.00 bits per heavy atom. The summed E-state index contributed by atoms with van der Waals surface area (Å²) >= 11 is 0. The van der Waals surface area contributed by atoms with Crippen LogP contribution in [-0.2, 0) is 6.54 Å². The lowest BCUT2D eigenvalue weighted by Gasteiger charge is -2.23. The first-order valence-electron chi connectivity index (χ1n) is 5.76. The molecule has 2 N–H and O–H groups in total. The van der Waals surface area contributed by atoms with Crippen LogP contribution in [0.25, 0.3) is 0 Å². The van der Waals surface area contributed by atoms with Crippen LogP contribution in [0.4, 0.5) is 5.69 Å². The number of pyridine rings is 1. The van der Waals surface area contributed by atoms with Gasteiger partial charge in [0.15, 0.2) is 0 Å². The number of nitrogens with zero attached hydrogens (tertiary/aromatic N) is 3. The van der Waals surface area contributed by atoms with E-state index in [1.807, 2.05) is 12.4 Å². The molecule has 4 heteroatoms. The van der Waals surface area contributed by atoms with Crippen LogP contribution in [0.2, 0.25) is 0 Å². The van der Waals surface area contributed by atoms with Crippen molar-refractivity contribution in [2.24, 2.45) is 5.73 Å². The molecule has 0 spiro atoms. The van der Waals surface area contributed by atoms with E-state index in [1.54, 1.807) is 0 Å². The second-order valence-corrected chi connectivity index (χ2v) is 4.56. The van der Waals surface area contributed by atoms with Gasteiger partial charge in [-0.1, -0.05) is 0 Å². The molecule has 1 atom stereocenters. The zero-order chi connectivity index (χ0) is 11.5. The second-order valence-electron chi connectivity index (χ2n) is 4.56. The lowest BCUT2D eigenvalue weighted by molar-refractivity contribution is 0.315. The summed E-state index contributed by atoms with van der Waals surface area (Å²) in [5.74, 6) is 0. The Labute approximate surface area is 97.1 Å². The fourth-order valence-corrected chi connectivity index (χ4v) is 2.27. The molecular weight excluding hydrogens is 200 g/mol. The molecule has 1 unspecified atom stereocenters. The molecule has 0 bridgehead atoms. The summed E-state index contributed by atoms with van der Waals surface area (Å²) in [7, 11) is 4.29. The van der Waals surface area contributed by atoms with Gasteiger partial charge in [0.2, 0.25) is 0 Å². The van der Waals surface area contributed by atoms with E-state index < -0.39 is 0 Å². The summed E-state index contributed by atoms with van der Waals surface area (Å²) in [6.45, 7) is 2.76. The average Bonchev–Trinajstić information content (AvgIpc) is 2.78. The molecule has 1 aliphatic heterocycles. The highest BCUT2D eigenvalue weighted by Gasteiger charge is 2.25. The van der Waals surface area contributed by atoms with E-state index in [9.17, 15) is 0 Å². The normalized spacial score (nSPS) is 20.8. The van der Waals surface area contributed by atoms with Crippen LogP contribution < -0.4 is 10.6 Å². The van der Waals surface area contributed by atoms with Gasteiger partial charge in [0.1, 0.15) is 0 Å². The first-order valence-corrected chi connectivity index (χ1v) is 5.76. The number of hydrogen-bond donors (Lipinski definition) is 1. The maximum atomic E-state index is 5.74. The lowest BCUT2D eigenvalue weighted by Crippen LogP contribution is -2.31. The van der Waals surface area contributed by atoms with E-state index in [-0.39, 0.29) is 0 Å². The molecule has 0 amide bonds. The molecule has 0 radical (unpaired) electrons. The van der Waals surface area contributed by atoms with Gasteiger partial charge in [0, 0.05) is 49.3 Å². The molecule has 4 nitrogen and oxygen atoms in total. The molecular formula is C12H20N4. The first kappa shape index (κ1) is 11.4. The molecule has 0 aromatic carbocycles. The number of rotatable bonds is 3. The Morgan fingerprint density at radius 2 is 2.38 bits per heavy atom. The third-order valence-corrected chi connectivity index (χ3v) is 3.33. The van der Waals surface area contributed by atoms with Gasteiger partial charge in [0.05, 0.1) is 0 Å². The summed E-state index contributed by atoms with van der Waals surface area (Å²) in [6, 6.07) is 2.72. The average molecular weight is 220 g/mol. The Bertz CT molecular complexity index is 351. The largest absolute Gasteiger partial charge is 0.370 e. The number of likely N-dealkylation sites (N-methyl/N-ethyl adjacent to an activating group) is 1. The third kappa shape index (κ3) is 2.18. The Kier molecular flexibility index (Phi) is 3.41. The lowest BCUT2D eigenvalue weighted by atomic mass is 10.2. The van der Waals surface area contributed by atoms with Crippen molar-refractivity contribution < 1.29 is 0 Å². The van der Waals surface area contributed by atoms with Crippen LogP contribution in [0.5, 0.6) is 0 Å². The van der Waals surface area contributed by atoms with E-state index in [1.165, 1.54) is 12.1 Å². The number of anilines is 1. The van der Waals surface area contributed by atoms with Gasteiger partial charge in [-0.3, -0.25) is 4.98 Å². The molecule has 2 heterocycles. The van der Waals surface area contributed by atoms with Gasteiger partial charge in [-0.15, -0.1) is 0 Å². The smallest absolute Gasteiger partial charge is 0.0443 e. The van der Waals surface area contributed by atoms with Gasteiger partial charge in [-0.2, -0.15) is 0 Å². The SMILES string of the molecule is CN(C)C1CCN(c2ccncc2CN)C1. The first-order chi connectivity index (χ1) is 7.72. The molecule has 1 saturated heterocycles. The highest BCUT2D eigenvalue weighted by molar-refractivity contribution is 5.53. The van der Waals surface area contributed by atoms with E-state index in [0.29, 0.717) is 12.6 Å². The Morgan fingerprint density at radius 1 is 1.56 bits per heavy atom. The molecule has 2 rings (SSSR count). The standard InChI is InChI=1S/C12H20N4/c1-15(2)11-4-6-16(9-11)12-3-5-14-8-10(12)7-13/h3,5,8,11H,4,6-7,9,13H2,1-2H3. The fourth-order valence-electron chi connectivity index (χ4n) is 2.27. The predicted molar refractivity (Wildman–Crippen MR) is 66.4 cm³/mol. The van der Waals surface area contributed by atoms with Gasteiger partial charge in [0.25, 0.3) is 0 Å². The van der Waals surface area contributed by atoms with Crippen molar-refractivity contribution in [2.45, 2.75) is 19.0 Å². The van der Waals surface area contributed by atoms with Gasteiger partial charge in [-0.05, 0) is 26.6 Å². The fraction of sp³-hybridized carbons (Fsp3) is 0.583. The van der Waals surface area contributed by atoms with Gasteiger partial charge >= 0.3 is 0 Å². The highest BCUT2D eigenvalue weighted by Crippen LogP contribution is 2.24. The van der Waals surface area contributed by atoms with E-state index in [0.717, 1.165) is 18.7 Å². The predicted octanol–water partition coefficient (Wildman–Crippen LogP) is 0.681. The van der Waals surface area contributed by atoms with Crippen molar-refractivity contribution in [1.82, 2.24) is 9.88 Å². The van der Waals surface area contributed by atoms with Crippen molar-refractivity contribution in [2.75, 3.05) is 32.1 Å². The molecule has 1 fully saturated rings. The molecule has 0 aliphatic carbocycles. The van der Waals surface area contributed by atoms with E-state index in [2.05, 4.69) is 34.9 Å². The summed E-state index contributed by atoms with van der Waals surface area (Å²) in [6.07, 6.45) is 4.94. The number of aromatic nitrogens is 1. The molecule has 16 heavy (non-hydrogen) atoms. The van der Waals surface area contributed by atoms with Gasteiger partial charge < -0.3 is 15.5 Å². The highest BCUT2D eigenvalue weighted by atomic mass is 15.2. The van der Waals surface area contributed by atoms with Crippen LogP contribution >= 0.6 is 0 Å². The summed E-state index contributed by atoms with van der Waals surface area (Å²) in [4.78, 5) is 8.83. The summed E-state index contributed by atoms with van der Waals surface area (Å²) in [5.41, 5.74) is 8.13. The molecule has 1 aromatic heterocycles. The minimum absolute atomic E-state index is 0.562. The molecule has 0 saturated carbocycles. The third-order valence-electron chi connectivity index (χ3n) is 3.33. The molecule has 1 aliphatic rings. The van der Waals surface area contributed by atoms with E-state index >= 15 is 0 Å². The van der Waals surface area contributed by atoms with Crippen molar-refractivity contribution in [1.29, 1.82) is 0 Å². The minimum Gasteiger partial charge on any atom is -0.370 e. The molecule has 1 aromatic rings. The summed E-state index contributed by atoms with van der Waals surface area (Å²) < 4.78 is 0. The second kappa shape index (κ2) is 4.80. The van der Waals surface area contributed by atoms with Crippen LogP contribution in [0.1, 0.15) is 12.0 Å². The van der Waals surface area contributed by atoms with Crippen molar-refractivity contribution in [3.63, 3.8) is 0 Å².